The second-order valence-corrected chi connectivity index (χ2v) is 2.21. The lowest BCUT2D eigenvalue weighted by Gasteiger charge is -1.97. The standard InChI is InChI=1S/C10H15N/c1-4-5-6-7-8-9-11-10(2)3/h4-8,11H,1-2,9H2,3H3/b6-5-,8-7-. The lowest BCUT2D eigenvalue weighted by molar-refractivity contribution is 0.910. The fraction of sp³-hybridized carbons (Fsp3) is 0.200. The van der Waals surface area contributed by atoms with Crippen LogP contribution in [0.2, 0.25) is 0 Å². The zero-order valence-electron chi connectivity index (χ0n) is 7.01. The third-order valence-electron chi connectivity index (χ3n) is 1.02. The summed E-state index contributed by atoms with van der Waals surface area (Å²) in [4.78, 5) is 0. The Balaban J connectivity index is 3.37. The van der Waals surface area contributed by atoms with Crippen LogP contribution in [0.25, 0.3) is 0 Å². The molecule has 1 N–H and O–H groups in total. The van der Waals surface area contributed by atoms with Crippen molar-refractivity contribution >= 4 is 0 Å². The number of nitrogens with one attached hydrogen (secondary N) is 1. The molecule has 0 fully saturated rings. The molecule has 0 amide bonds. The van der Waals surface area contributed by atoms with Crippen molar-refractivity contribution in [3.8, 4) is 0 Å². The highest BCUT2D eigenvalue weighted by atomic mass is 14.8. The molecule has 0 unspecified atom stereocenters. The van der Waals surface area contributed by atoms with E-state index in [1.807, 2.05) is 31.2 Å². The molecule has 0 aliphatic rings. The Kier molecular flexibility index (Phi) is 6.10. The average Bonchev–Trinajstić information content (AvgIpc) is 1.96. The van der Waals surface area contributed by atoms with E-state index >= 15 is 0 Å². The Hall–Kier alpha value is -1.24. The number of hydrogen-bond donors (Lipinski definition) is 1. The van der Waals surface area contributed by atoms with Crippen molar-refractivity contribution in [3.05, 3.63) is 49.2 Å². The number of hydrogen-bond acceptors (Lipinski definition) is 1. The van der Waals surface area contributed by atoms with Gasteiger partial charge in [-0.1, -0.05) is 43.5 Å². The van der Waals surface area contributed by atoms with Crippen molar-refractivity contribution in [2.75, 3.05) is 6.54 Å². The number of rotatable bonds is 5. The van der Waals surface area contributed by atoms with E-state index in [1.165, 1.54) is 0 Å². The van der Waals surface area contributed by atoms with Crippen LogP contribution in [0, 0.1) is 0 Å². The predicted molar refractivity (Wildman–Crippen MR) is 51.3 cm³/mol. The molecule has 0 spiro atoms. The second-order valence-electron chi connectivity index (χ2n) is 2.21. The van der Waals surface area contributed by atoms with Crippen molar-refractivity contribution in [1.29, 1.82) is 0 Å². The molecule has 0 atom stereocenters. The van der Waals surface area contributed by atoms with E-state index in [0.717, 1.165) is 12.2 Å². The van der Waals surface area contributed by atoms with Crippen LogP contribution in [0.3, 0.4) is 0 Å². The van der Waals surface area contributed by atoms with Crippen molar-refractivity contribution < 1.29 is 0 Å². The fourth-order valence-electron chi connectivity index (χ4n) is 0.522. The van der Waals surface area contributed by atoms with Gasteiger partial charge in [0.15, 0.2) is 0 Å². The van der Waals surface area contributed by atoms with Crippen LogP contribution in [0.4, 0.5) is 0 Å². The Labute approximate surface area is 68.8 Å². The molecule has 0 aliphatic heterocycles. The van der Waals surface area contributed by atoms with Gasteiger partial charge < -0.3 is 5.32 Å². The minimum Gasteiger partial charge on any atom is -0.386 e. The largest absolute Gasteiger partial charge is 0.386 e. The van der Waals surface area contributed by atoms with Gasteiger partial charge >= 0.3 is 0 Å². The van der Waals surface area contributed by atoms with Gasteiger partial charge in [-0.05, 0) is 6.92 Å². The molecule has 0 radical (unpaired) electrons. The summed E-state index contributed by atoms with van der Waals surface area (Å²) >= 11 is 0. The summed E-state index contributed by atoms with van der Waals surface area (Å²) < 4.78 is 0. The quantitative estimate of drug-likeness (QED) is 0.592. The van der Waals surface area contributed by atoms with Crippen LogP contribution in [-0.4, -0.2) is 6.54 Å². The third-order valence-corrected chi connectivity index (χ3v) is 1.02. The van der Waals surface area contributed by atoms with Crippen LogP contribution in [0.1, 0.15) is 6.92 Å². The summed E-state index contributed by atoms with van der Waals surface area (Å²) in [5, 5.41) is 3.08. The highest BCUT2D eigenvalue weighted by Gasteiger charge is 1.75. The molecule has 0 heterocycles. The minimum absolute atomic E-state index is 0.830. The maximum Gasteiger partial charge on any atom is 0.0330 e. The first-order valence-corrected chi connectivity index (χ1v) is 3.61. The zero-order valence-corrected chi connectivity index (χ0v) is 7.01. The molecular weight excluding hydrogens is 134 g/mol. The summed E-state index contributed by atoms with van der Waals surface area (Å²) in [5.41, 5.74) is 0.988. The highest BCUT2D eigenvalue weighted by molar-refractivity contribution is 5.09. The molecule has 1 heteroatoms. The van der Waals surface area contributed by atoms with E-state index < -0.39 is 0 Å². The van der Waals surface area contributed by atoms with E-state index in [0.29, 0.717) is 0 Å². The molecule has 0 saturated carbocycles. The first-order chi connectivity index (χ1) is 5.27. The van der Waals surface area contributed by atoms with Crippen molar-refractivity contribution in [2.45, 2.75) is 6.92 Å². The van der Waals surface area contributed by atoms with Crippen LogP contribution >= 0.6 is 0 Å². The zero-order chi connectivity index (χ0) is 8.53. The van der Waals surface area contributed by atoms with E-state index in [2.05, 4.69) is 18.5 Å². The molecule has 11 heavy (non-hydrogen) atoms. The van der Waals surface area contributed by atoms with Gasteiger partial charge in [-0.15, -0.1) is 0 Å². The first-order valence-electron chi connectivity index (χ1n) is 3.61. The van der Waals surface area contributed by atoms with Gasteiger partial charge in [0.2, 0.25) is 0 Å². The summed E-state index contributed by atoms with van der Waals surface area (Å²) in [6.45, 7) is 10.0. The molecule has 0 saturated heterocycles. The Morgan fingerprint density at radius 2 is 2.09 bits per heavy atom. The lowest BCUT2D eigenvalue weighted by Crippen LogP contribution is -2.08. The monoisotopic (exact) mass is 149 g/mol. The van der Waals surface area contributed by atoms with Gasteiger partial charge in [-0.25, -0.2) is 0 Å². The molecule has 1 nitrogen and oxygen atoms in total. The smallest absolute Gasteiger partial charge is 0.0330 e. The van der Waals surface area contributed by atoms with E-state index in [4.69, 9.17) is 0 Å². The van der Waals surface area contributed by atoms with E-state index in [-0.39, 0.29) is 0 Å². The Morgan fingerprint density at radius 3 is 2.64 bits per heavy atom. The first kappa shape index (κ1) is 9.76. The normalized spacial score (nSPS) is 10.6. The maximum atomic E-state index is 3.71. The molecule has 0 rings (SSSR count). The van der Waals surface area contributed by atoms with Gasteiger partial charge in [0, 0.05) is 12.2 Å². The molecule has 0 aliphatic carbocycles. The predicted octanol–water partition coefficient (Wildman–Crippen LogP) is 2.41. The lowest BCUT2D eigenvalue weighted by atomic mass is 10.4. The second kappa shape index (κ2) is 6.87. The Morgan fingerprint density at radius 1 is 1.36 bits per heavy atom. The molecule has 60 valence electrons. The highest BCUT2D eigenvalue weighted by Crippen LogP contribution is 1.80. The summed E-state index contributed by atoms with van der Waals surface area (Å²) in [6.07, 6.45) is 9.56. The van der Waals surface area contributed by atoms with Crippen molar-refractivity contribution in [2.24, 2.45) is 0 Å². The van der Waals surface area contributed by atoms with E-state index in [1.54, 1.807) is 6.08 Å². The molecule has 0 aromatic heterocycles. The molecule has 0 aromatic carbocycles. The van der Waals surface area contributed by atoms with Gasteiger partial charge in [0.25, 0.3) is 0 Å². The molecule has 0 aromatic rings. The van der Waals surface area contributed by atoms with E-state index in [9.17, 15) is 0 Å². The maximum absolute atomic E-state index is 3.71. The summed E-state index contributed by atoms with van der Waals surface area (Å²) in [6, 6.07) is 0. The van der Waals surface area contributed by atoms with Crippen LogP contribution in [0.15, 0.2) is 49.2 Å². The van der Waals surface area contributed by atoms with Gasteiger partial charge in [-0.3, -0.25) is 0 Å². The Bertz CT molecular complexity index is 175. The van der Waals surface area contributed by atoms with Crippen LogP contribution in [-0.2, 0) is 0 Å². The van der Waals surface area contributed by atoms with Crippen molar-refractivity contribution in [3.63, 3.8) is 0 Å². The topological polar surface area (TPSA) is 12.0 Å². The van der Waals surface area contributed by atoms with Crippen LogP contribution in [0.5, 0.6) is 0 Å². The summed E-state index contributed by atoms with van der Waals surface area (Å²) in [7, 11) is 0. The minimum atomic E-state index is 0.830. The fourth-order valence-corrected chi connectivity index (χ4v) is 0.522. The van der Waals surface area contributed by atoms with Crippen molar-refractivity contribution in [1.82, 2.24) is 5.32 Å². The summed E-state index contributed by atoms with van der Waals surface area (Å²) in [5.74, 6) is 0. The number of allylic oxidation sites excluding steroid dienone is 5. The SMILES string of the molecule is C=C/C=C\C=C/CNC(=C)C. The van der Waals surface area contributed by atoms with Gasteiger partial charge in [0.1, 0.15) is 0 Å². The average molecular weight is 149 g/mol. The third kappa shape index (κ3) is 8.76. The van der Waals surface area contributed by atoms with Crippen LogP contribution < -0.4 is 5.32 Å². The molecular formula is C10H15N. The molecule has 0 bridgehead atoms. The van der Waals surface area contributed by atoms with Gasteiger partial charge in [0.05, 0.1) is 0 Å². The van der Waals surface area contributed by atoms with Gasteiger partial charge in [-0.2, -0.15) is 0 Å².